The van der Waals surface area contributed by atoms with Crippen LogP contribution >= 0.6 is 0 Å². The first-order valence-electron chi connectivity index (χ1n) is 7.59. The predicted molar refractivity (Wildman–Crippen MR) is 90.0 cm³/mol. The zero-order valence-electron chi connectivity index (χ0n) is 13.7. The molecule has 1 amide bonds. The van der Waals surface area contributed by atoms with Crippen LogP contribution in [0.15, 0.2) is 28.9 Å². The predicted octanol–water partition coefficient (Wildman–Crippen LogP) is 2.58. The molecule has 0 aliphatic carbocycles. The number of benzene rings is 1. The van der Waals surface area contributed by atoms with Crippen LogP contribution in [0.4, 0.5) is 10.1 Å². The van der Waals surface area contributed by atoms with Crippen molar-refractivity contribution in [1.82, 2.24) is 5.32 Å². The van der Waals surface area contributed by atoms with Crippen molar-refractivity contribution in [2.45, 2.75) is 26.8 Å². The standard InChI is InChI=1S/C17H22FN3O2/c1-12(20-14(3)19-11-22)8-15-4-5-17(16(18)9-15)21-6-7-23-10-13(21)2/h4-5,8-9,11,13H,6-7,10H2,1-3H3,(H,19,20,22)/b12-8-. The molecule has 1 aliphatic rings. The summed E-state index contributed by atoms with van der Waals surface area (Å²) in [4.78, 5) is 16.6. The number of anilines is 1. The highest BCUT2D eigenvalue weighted by Gasteiger charge is 2.21. The summed E-state index contributed by atoms with van der Waals surface area (Å²) in [7, 11) is 0. The van der Waals surface area contributed by atoms with E-state index in [4.69, 9.17) is 4.74 Å². The lowest BCUT2D eigenvalue weighted by atomic mass is 10.1. The number of nitrogens with one attached hydrogen (secondary N) is 1. The molecule has 0 aromatic heterocycles. The van der Waals surface area contributed by atoms with E-state index in [9.17, 15) is 9.18 Å². The van der Waals surface area contributed by atoms with Crippen LogP contribution in [0.5, 0.6) is 0 Å². The number of aliphatic imine (C=N–C) groups is 1. The van der Waals surface area contributed by atoms with Crippen LogP contribution < -0.4 is 10.2 Å². The monoisotopic (exact) mass is 319 g/mol. The minimum Gasteiger partial charge on any atom is -0.377 e. The van der Waals surface area contributed by atoms with Gasteiger partial charge in [0.25, 0.3) is 0 Å². The summed E-state index contributed by atoms with van der Waals surface area (Å²) in [6.07, 6.45) is 2.34. The van der Waals surface area contributed by atoms with Gasteiger partial charge in [0.15, 0.2) is 0 Å². The second-order valence-electron chi connectivity index (χ2n) is 5.57. The minimum atomic E-state index is -0.257. The van der Waals surface area contributed by atoms with Crippen LogP contribution in [0.1, 0.15) is 26.3 Å². The molecular weight excluding hydrogens is 297 g/mol. The van der Waals surface area contributed by atoms with Gasteiger partial charge in [0.2, 0.25) is 6.41 Å². The number of amidine groups is 1. The summed E-state index contributed by atoms with van der Waals surface area (Å²) in [6, 6.07) is 5.31. The van der Waals surface area contributed by atoms with Gasteiger partial charge in [-0.05, 0) is 44.5 Å². The van der Waals surface area contributed by atoms with Gasteiger partial charge in [0.05, 0.1) is 18.9 Å². The number of morpholine rings is 1. The third-order valence-electron chi connectivity index (χ3n) is 3.64. The van der Waals surface area contributed by atoms with Crippen molar-refractivity contribution in [3.8, 4) is 0 Å². The maximum atomic E-state index is 14.4. The summed E-state index contributed by atoms with van der Waals surface area (Å²) in [6.45, 7) is 7.42. The molecule has 0 radical (unpaired) electrons. The smallest absolute Gasteiger partial charge is 0.212 e. The van der Waals surface area contributed by atoms with E-state index >= 15 is 0 Å². The third-order valence-corrected chi connectivity index (χ3v) is 3.64. The molecule has 124 valence electrons. The minimum absolute atomic E-state index is 0.156. The van der Waals surface area contributed by atoms with Crippen molar-refractivity contribution in [2.24, 2.45) is 4.99 Å². The number of ether oxygens (including phenoxy) is 1. The highest BCUT2D eigenvalue weighted by Crippen LogP contribution is 2.25. The molecule has 5 nitrogen and oxygen atoms in total. The maximum absolute atomic E-state index is 14.4. The fraction of sp³-hybridized carbons (Fsp3) is 0.412. The molecule has 0 spiro atoms. The molecule has 1 aromatic rings. The van der Waals surface area contributed by atoms with Gasteiger partial charge >= 0.3 is 0 Å². The van der Waals surface area contributed by atoms with Gasteiger partial charge in [-0.15, -0.1) is 0 Å². The molecule has 1 fully saturated rings. The molecule has 0 bridgehead atoms. The number of hydrogen-bond donors (Lipinski definition) is 1. The molecule has 1 unspecified atom stereocenters. The summed E-state index contributed by atoms with van der Waals surface area (Å²) < 4.78 is 19.8. The quantitative estimate of drug-likeness (QED) is 0.527. The largest absolute Gasteiger partial charge is 0.377 e. The topological polar surface area (TPSA) is 53.9 Å². The molecule has 1 aliphatic heterocycles. The van der Waals surface area contributed by atoms with E-state index in [2.05, 4.69) is 10.3 Å². The van der Waals surface area contributed by atoms with E-state index in [1.54, 1.807) is 26.0 Å². The van der Waals surface area contributed by atoms with Crippen molar-refractivity contribution >= 4 is 24.0 Å². The van der Waals surface area contributed by atoms with Crippen molar-refractivity contribution < 1.29 is 13.9 Å². The van der Waals surface area contributed by atoms with E-state index in [-0.39, 0.29) is 11.9 Å². The van der Waals surface area contributed by atoms with E-state index in [1.807, 2.05) is 17.9 Å². The first kappa shape index (κ1) is 17.1. The molecule has 1 N–H and O–H groups in total. The Morgan fingerprint density at radius 1 is 1.48 bits per heavy atom. The van der Waals surface area contributed by atoms with Crippen LogP contribution in [0, 0.1) is 5.82 Å². The van der Waals surface area contributed by atoms with Crippen LogP contribution in [-0.4, -0.2) is 38.0 Å². The van der Waals surface area contributed by atoms with Gasteiger partial charge in [-0.1, -0.05) is 6.07 Å². The molecule has 0 saturated carbocycles. The molecular formula is C17H22FN3O2. The number of allylic oxidation sites excluding steroid dienone is 1. The summed E-state index contributed by atoms with van der Waals surface area (Å²) >= 11 is 0. The summed E-state index contributed by atoms with van der Waals surface area (Å²) in [5, 5.41) is 2.47. The number of hydrogen-bond acceptors (Lipinski definition) is 4. The van der Waals surface area contributed by atoms with Gasteiger partial charge in [-0.3, -0.25) is 4.79 Å². The average Bonchev–Trinajstić information content (AvgIpc) is 2.48. The molecule has 1 atom stereocenters. The Kier molecular flexibility index (Phi) is 5.87. The number of amides is 1. The zero-order chi connectivity index (χ0) is 16.8. The first-order valence-corrected chi connectivity index (χ1v) is 7.59. The zero-order valence-corrected chi connectivity index (χ0v) is 13.7. The second kappa shape index (κ2) is 7.87. The summed E-state index contributed by atoms with van der Waals surface area (Å²) in [5.41, 5.74) is 2.01. The molecule has 1 aromatic carbocycles. The van der Waals surface area contributed by atoms with Crippen LogP contribution in [-0.2, 0) is 9.53 Å². The lowest BCUT2D eigenvalue weighted by Crippen LogP contribution is -2.44. The first-order chi connectivity index (χ1) is 11.0. The van der Waals surface area contributed by atoms with E-state index in [0.717, 1.165) is 5.56 Å². The summed E-state index contributed by atoms with van der Waals surface area (Å²) in [5.74, 6) is 0.236. The van der Waals surface area contributed by atoms with Crippen molar-refractivity contribution in [2.75, 3.05) is 24.7 Å². The van der Waals surface area contributed by atoms with Crippen molar-refractivity contribution in [1.29, 1.82) is 0 Å². The Morgan fingerprint density at radius 3 is 2.91 bits per heavy atom. The van der Waals surface area contributed by atoms with Gasteiger partial charge < -0.3 is 15.0 Å². The van der Waals surface area contributed by atoms with Gasteiger partial charge in [0.1, 0.15) is 11.7 Å². The Hall–Kier alpha value is -2.21. The highest BCUT2D eigenvalue weighted by molar-refractivity contribution is 5.89. The number of rotatable bonds is 4. The fourth-order valence-corrected chi connectivity index (χ4v) is 2.59. The van der Waals surface area contributed by atoms with Gasteiger partial charge in [0, 0.05) is 18.3 Å². The molecule has 1 heterocycles. The second-order valence-corrected chi connectivity index (χ2v) is 5.57. The molecule has 6 heteroatoms. The van der Waals surface area contributed by atoms with E-state index < -0.39 is 0 Å². The Bertz CT molecular complexity index is 628. The number of carbonyl (C=O) groups excluding carboxylic acids is 1. The lowest BCUT2D eigenvalue weighted by molar-refractivity contribution is -0.108. The SMILES string of the molecule is CC(=N/C(C)=C\c1ccc(N2CCOCC2C)c(F)c1)NC=O. The number of nitrogens with zero attached hydrogens (tertiary/aromatic N) is 2. The van der Waals surface area contributed by atoms with Crippen molar-refractivity contribution in [3.05, 3.63) is 35.3 Å². The highest BCUT2D eigenvalue weighted by atomic mass is 19.1. The molecule has 1 saturated heterocycles. The Balaban J connectivity index is 2.18. The van der Waals surface area contributed by atoms with Gasteiger partial charge in [-0.25, -0.2) is 9.38 Å². The Morgan fingerprint density at radius 2 is 2.26 bits per heavy atom. The van der Waals surface area contributed by atoms with Crippen LogP contribution in [0.25, 0.3) is 6.08 Å². The van der Waals surface area contributed by atoms with E-state index in [0.29, 0.717) is 43.4 Å². The maximum Gasteiger partial charge on any atom is 0.212 e. The average molecular weight is 319 g/mol. The van der Waals surface area contributed by atoms with Crippen molar-refractivity contribution in [3.63, 3.8) is 0 Å². The number of halogens is 1. The van der Waals surface area contributed by atoms with Gasteiger partial charge in [-0.2, -0.15) is 0 Å². The third kappa shape index (κ3) is 4.63. The Labute approximate surface area is 135 Å². The molecule has 23 heavy (non-hydrogen) atoms. The number of carbonyl (C=O) groups is 1. The van der Waals surface area contributed by atoms with Crippen LogP contribution in [0.3, 0.4) is 0 Å². The molecule has 2 rings (SSSR count). The van der Waals surface area contributed by atoms with Crippen LogP contribution in [0.2, 0.25) is 0 Å². The van der Waals surface area contributed by atoms with E-state index in [1.165, 1.54) is 6.07 Å². The fourth-order valence-electron chi connectivity index (χ4n) is 2.59. The normalized spacial score (nSPS) is 19.7. The lowest BCUT2D eigenvalue weighted by Gasteiger charge is -2.35.